The lowest BCUT2D eigenvalue weighted by molar-refractivity contribution is 0.724. The van der Waals surface area contributed by atoms with E-state index in [2.05, 4.69) is 46.9 Å². The van der Waals surface area contributed by atoms with Gasteiger partial charge in [-0.25, -0.2) is 4.98 Å². The first-order chi connectivity index (χ1) is 8.09. The predicted octanol–water partition coefficient (Wildman–Crippen LogP) is 2.67. The Morgan fingerprint density at radius 1 is 1.29 bits per heavy atom. The molecule has 0 spiro atoms. The summed E-state index contributed by atoms with van der Waals surface area (Å²) in [5.74, 6) is 0. The van der Waals surface area contributed by atoms with E-state index in [0.29, 0.717) is 11.0 Å². The van der Waals surface area contributed by atoms with Crippen LogP contribution in [0.1, 0.15) is 16.7 Å². The molecule has 0 aliphatic heterocycles. The molecule has 0 unspecified atom stereocenters. The molecule has 4 heteroatoms. The van der Waals surface area contributed by atoms with Gasteiger partial charge in [-0.1, -0.05) is 18.2 Å². The summed E-state index contributed by atoms with van der Waals surface area (Å²) >= 11 is 3.20. The van der Waals surface area contributed by atoms with Gasteiger partial charge in [-0.3, -0.25) is 9.36 Å². The Morgan fingerprint density at radius 2 is 1.94 bits per heavy atom. The van der Waals surface area contributed by atoms with Crippen molar-refractivity contribution in [1.82, 2.24) is 9.55 Å². The van der Waals surface area contributed by atoms with Crippen molar-refractivity contribution in [3.63, 3.8) is 0 Å². The van der Waals surface area contributed by atoms with Gasteiger partial charge in [0.15, 0.2) is 0 Å². The molecule has 0 saturated carbocycles. The van der Waals surface area contributed by atoms with Crippen molar-refractivity contribution in [3.8, 4) is 0 Å². The molecule has 0 N–H and O–H groups in total. The molecule has 0 aliphatic carbocycles. The van der Waals surface area contributed by atoms with Gasteiger partial charge in [-0.15, -0.1) is 0 Å². The summed E-state index contributed by atoms with van der Waals surface area (Å²) in [6.45, 7) is 4.67. The summed E-state index contributed by atoms with van der Waals surface area (Å²) in [7, 11) is 0. The van der Waals surface area contributed by atoms with Crippen LogP contribution >= 0.6 is 15.9 Å². The second kappa shape index (κ2) is 4.84. The maximum absolute atomic E-state index is 11.9. The maximum Gasteiger partial charge on any atom is 0.267 e. The van der Waals surface area contributed by atoms with Crippen LogP contribution in [0.4, 0.5) is 0 Å². The largest absolute Gasteiger partial charge is 0.294 e. The van der Waals surface area contributed by atoms with Crippen LogP contribution in [0.15, 0.2) is 40.0 Å². The van der Waals surface area contributed by atoms with Crippen LogP contribution in [0.3, 0.4) is 0 Å². The standard InChI is InChI=1S/C13H13BrN2O/c1-9-4-3-5-10(2)11(9)7-16-8-15-6-12(14)13(16)17/h3-6,8H,7H2,1-2H3. The first-order valence-electron chi connectivity index (χ1n) is 5.34. The molecule has 0 aliphatic rings. The van der Waals surface area contributed by atoms with Crippen molar-refractivity contribution in [2.24, 2.45) is 0 Å². The van der Waals surface area contributed by atoms with Crippen LogP contribution in [0, 0.1) is 13.8 Å². The Hall–Kier alpha value is -1.42. The number of nitrogens with zero attached hydrogens (tertiary/aromatic N) is 2. The van der Waals surface area contributed by atoms with Crippen molar-refractivity contribution in [2.45, 2.75) is 20.4 Å². The zero-order valence-corrected chi connectivity index (χ0v) is 11.4. The summed E-state index contributed by atoms with van der Waals surface area (Å²) in [6.07, 6.45) is 3.09. The van der Waals surface area contributed by atoms with Crippen molar-refractivity contribution in [1.29, 1.82) is 0 Å². The molecule has 0 atom stereocenters. The fourth-order valence-corrected chi connectivity index (χ4v) is 2.15. The Balaban J connectivity index is 2.45. The average Bonchev–Trinajstić information content (AvgIpc) is 2.29. The van der Waals surface area contributed by atoms with Crippen molar-refractivity contribution < 1.29 is 0 Å². The van der Waals surface area contributed by atoms with E-state index in [-0.39, 0.29) is 5.56 Å². The van der Waals surface area contributed by atoms with Crippen molar-refractivity contribution >= 4 is 15.9 Å². The van der Waals surface area contributed by atoms with E-state index in [1.165, 1.54) is 22.9 Å². The number of benzene rings is 1. The van der Waals surface area contributed by atoms with Crippen molar-refractivity contribution in [2.75, 3.05) is 0 Å². The molecule has 2 rings (SSSR count). The van der Waals surface area contributed by atoms with E-state index in [1.54, 1.807) is 10.9 Å². The second-order valence-electron chi connectivity index (χ2n) is 4.04. The van der Waals surface area contributed by atoms with E-state index in [9.17, 15) is 4.79 Å². The second-order valence-corrected chi connectivity index (χ2v) is 4.90. The van der Waals surface area contributed by atoms with Gasteiger partial charge >= 0.3 is 0 Å². The van der Waals surface area contributed by atoms with Crippen LogP contribution in [-0.2, 0) is 6.54 Å². The van der Waals surface area contributed by atoms with Gasteiger partial charge in [0.2, 0.25) is 0 Å². The lowest BCUT2D eigenvalue weighted by atomic mass is 10.0. The molecule has 0 amide bonds. The molecule has 3 nitrogen and oxygen atoms in total. The molecular weight excluding hydrogens is 280 g/mol. The molecule has 0 bridgehead atoms. The lowest BCUT2D eigenvalue weighted by Gasteiger charge is -2.11. The first-order valence-corrected chi connectivity index (χ1v) is 6.14. The van der Waals surface area contributed by atoms with Gasteiger partial charge in [0.05, 0.1) is 12.9 Å². The minimum Gasteiger partial charge on any atom is -0.294 e. The third-order valence-corrected chi connectivity index (χ3v) is 3.38. The predicted molar refractivity (Wildman–Crippen MR) is 71.2 cm³/mol. The van der Waals surface area contributed by atoms with Gasteiger partial charge in [0, 0.05) is 6.20 Å². The molecule has 1 aromatic carbocycles. The molecule has 1 heterocycles. The van der Waals surface area contributed by atoms with Crippen LogP contribution in [0.5, 0.6) is 0 Å². The number of hydrogen-bond acceptors (Lipinski definition) is 2. The van der Waals surface area contributed by atoms with E-state index in [0.717, 1.165) is 0 Å². The number of aromatic nitrogens is 2. The summed E-state index contributed by atoms with van der Waals surface area (Å²) in [5.41, 5.74) is 3.51. The Labute approximate surface area is 108 Å². The fourth-order valence-electron chi connectivity index (χ4n) is 1.81. The fraction of sp³-hybridized carbons (Fsp3) is 0.231. The van der Waals surface area contributed by atoms with Crippen LogP contribution < -0.4 is 5.56 Å². The van der Waals surface area contributed by atoms with Crippen molar-refractivity contribution in [3.05, 3.63) is 62.2 Å². The molecule has 0 radical (unpaired) electrons. The maximum atomic E-state index is 11.9. The third kappa shape index (κ3) is 2.47. The summed E-state index contributed by atoms with van der Waals surface area (Å²) in [4.78, 5) is 15.9. The third-order valence-electron chi connectivity index (χ3n) is 2.83. The lowest BCUT2D eigenvalue weighted by Crippen LogP contribution is -2.22. The van der Waals surface area contributed by atoms with E-state index < -0.39 is 0 Å². The minimum atomic E-state index is -0.0531. The Morgan fingerprint density at radius 3 is 2.59 bits per heavy atom. The molecule has 2 aromatic rings. The van der Waals surface area contributed by atoms with E-state index in [4.69, 9.17) is 0 Å². The molecular formula is C13H13BrN2O. The number of halogens is 1. The molecule has 17 heavy (non-hydrogen) atoms. The Bertz CT molecular complexity index is 584. The highest BCUT2D eigenvalue weighted by molar-refractivity contribution is 9.10. The highest BCUT2D eigenvalue weighted by Crippen LogP contribution is 2.14. The number of rotatable bonds is 2. The molecule has 1 aromatic heterocycles. The van der Waals surface area contributed by atoms with Crippen LogP contribution in [0.2, 0.25) is 0 Å². The smallest absolute Gasteiger partial charge is 0.267 e. The van der Waals surface area contributed by atoms with Gasteiger partial charge < -0.3 is 0 Å². The zero-order valence-electron chi connectivity index (χ0n) is 9.77. The SMILES string of the molecule is Cc1cccc(C)c1Cn1cncc(Br)c1=O. The van der Waals surface area contributed by atoms with Crippen LogP contribution in [0.25, 0.3) is 0 Å². The van der Waals surface area contributed by atoms with Gasteiger partial charge in [0.1, 0.15) is 4.47 Å². The average molecular weight is 293 g/mol. The summed E-state index contributed by atoms with van der Waals surface area (Å²) in [6, 6.07) is 6.13. The summed E-state index contributed by atoms with van der Waals surface area (Å²) in [5, 5.41) is 0. The van der Waals surface area contributed by atoms with Gasteiger partial charge in [-0.2, -0.15) is 0 Å². The quantitative estimate of drug-likeness (QED) is 0.853. The number of aryl methyl sites for hydroxylation is 2. The van der Waals surface area contributed by atoms with E-state index >= 15 is 0 Å². The molecule has 0 saturated heterocycles. The zero-order chi connectivity index (χ0) is 12.4. The minimum absolute atomic E-state index is 0.0531. The van der Waals surface area contributed by atoms with E-state index in [1.807, 2.05) is 6.07 Å². The highest BCUT2D eigenvalue weighted by Gasteiger charge is 2.06. The molecule has 88 valence electrons. The van der Waals surface area contributed by atoms with Gasteiger partial charge in [-0.05, 0) is 46.5 Å². The Kier molecular flexibility index (Phi) is 3.43. The summed E-state index contributed by atoms with van der Waals surface area (Å²) < 4.78 is 2.10. The number of hydrogen-bond donors (Lipinski definition) is 0. The monoisotopic (exact) mass is 292 g/mol. The van der Waals surface area contributed by atoms with Crippen LogP contribution in [-0.4, -0.2) is 9.55 Å². The molecule has 0 fully saturated rings. The normalized spacial score (nSPS) is 10.5. The first kappa shape index (κ1) is 12.0. The topological polar surface area (TPSA) is 34.9 Å². The van der Waals surface area contributed by atoms with Gasteiger partial charge in [0.25, 0.3) is 5.56 Å². The highest BCUT2D eigenvalue weighted by atomic mass is 79.9.